The molecule has 1 saturated carbocycles. The van der Waals surface area contributed by atoms with Gasteiger partial charge < -0.3 is 11.1 Å². The third-order valence-corrected chi connectivity index (χ3v) is 2.88. The number of carbonyl (C=O) groups excluding carboxylic acids is 1. The van der Waals surface area contributed by atoms with Crippen LogP contribution in [0.25, 0.3) is 0 Å². The van der Waals surface area contributed by atoms with Crippen molar-refractivity contribution in [1.29, 1.82) is 0 Å². The van der Waals surface area contributed by atoms with Crippen molar-refractivity contribution in [2.24, 2.45) is 11.1 Å². The van der Waals surface area contributed by atoms with Crippen molar-refractivity contribution in [3.8, 4) is 0 Å². The Balaban J connectivity index is 2.36. The van der Waals surface area contributed by atoms with Crippen molar-refractivity contribution in [2.75, 3.05) is 0 Å². The molecular weight excluding hydrogens is 164 g/mol. The maximum Gasteiger partial charge on any atom is 0.234 e. The molecule has 0 radical (unpaired) electrons. The average molecular weight is 184 g/mol. The van der Waals surface area contributed by atoms with Crippen LogP contribution in [-0.4, -0.2) is 18.0 Å². The molecule has 1 rings (SSSR count). The van der Waals surface area contributed by atoms with E-state index in [0.717, 1.165) is 12.8 Å². The highest BCUT2D eigenvalue weighted by atomic mass is 16.1. The van der Waals surface area contributed by atoms with Gasteiger partial charge in [-0.2, -0.15) is 0 Å². The number of primary amides is 1. The van der Waals surface area contributed by atoms with Crippen LogP contribution < -0.4 is 11.1 Å². The van der Waals surface area contributed by atoms with Crippen LogP contribution in [0.4, 0.5) is 0 Å². The van der Waals surface area contributed by atoms with E-state index >= 15 is 0 Å². The second kappa shape index (κ2) is 3.66. The van der Waals surface area contributed by atoms with Crippen molar-refractivity contribution >= 4 is 5.91 Å². The van der Waals surface area contributed by atoms with E-state index in [1.807, 2.05) is 6.92 Å². The highest BCUT2D eigenvalue weighted by Crippen LogP contribution is 2.36. The topological polar surface area (TPSA) is 55.1 Å². The summed E-state index contributed by atoms with van der Waals surface area (Å²) in [4.78, 5) is 10.8. The standard InChI is InChI=1S/C10H20N2O/c1-7(9(11)13)12-8-4-5-10(2,3)6-8/h7-8,12H,4-6H2,1-3H3,(H2,11,13). The van der Waals surface area contributed by atoms with Gasteiger partial charge in [-0.15, -0.1) is 0 Å². The van der Waals surface area contributed by atoms with Crippen LogP contribution in [-0.2, 0) is 4.79 Å². The van der Waals surface area contributed by atoms with E-state index in [2.05, 4.69) is 19.2 Å². The molecule has 2 atom stereocenters. The molecule has 0 aromatic rings. The first-order valence-corrected chi connectivity index (χ1v) is 4.96. The summed E-state index contributed by atoms with van der Waals surface area (Å²) in [6.07, 6.45) is 3.53. The summed E-state index contributed by atoms with van der Waals surface area (Å²) in [5.74, 6) is -0.260. The number of rotatable bonds is 3. The van der Waals surface area contributed by atoms with E-state index in [0.29, 0.717) is 11.5 Å². The van der Waals surface area contributed by atoms with Gasteiger partial charge in [0.1, 0.15) is 0 Å². The van der Waals surface area contributed by atoms with E-state index < -0.39 is 0 Å². The summed E-state index contributed by atoms with van der Waals surface area (Å²) >= 11 is 0. The van der Waals surface area contributed by atoms with Gasteiger partial charge in [-0.3, -0.25) is 4.79 Å². The maximum absolute atomic E-state index is 10.8. The van der Waals surface area contributed by atoms with Gasteiger partial charge in [0.05, 0.1) is 6.04 Å². The SMILES string of the molecule is CC(NC1CCC(C)(C)C1)C(N)=O. The van der Waals surface area contributed by atoms with Crippen LogP contribution in [0.3, 0.4) is 0 Å². The van der Waals surface area contributed by atoms with Crippen LogP contribution >= 0.6 is 0 Å². The second-order valence-electron chi connectivity index (χ2n) is 4.89. The third-order valence-electron chi connectivity index (χ3n) is 2.88. The molecule has 0 aliphatic heterocycles. The summed E-state index contributed by atoms with van der Waals surface area (Å²) in [5.41, 5.74) is 5.61. The van der Waals surface area contributed by atoms with Gasteiger partial charge in [0, 0.05) is 6.04 Å². The lowest BCUT2D eigenvalue weighted by molar-refractivity contribution is -0.119. The Morgan fingerprint density at radius 2 is 2.23 bits per heavy atom. The van der Waals surface area contributed by atoms with Crippen molar-refractivity contribution in [3.63, 3.8) is 0 Å². The van der Waals surface area contributed by atoms with Crippen LogP contribution in [0, 0.1) is 5.41 Å². The molecule has 1 aliphatic carbocycles. The lowest BCUT2D eigenvalue weighted by Gasteiger charge is -2.19. The first kappa shape index (κ1) is 10.5. The van der Waals surface area contributed by atoms with E-state index in [4.69, 9.17) is 5.73 Å². The van der Waals surface area contributed by atoms with Gasteiger partial charge in [-0.1, -0.05) is 13.8 Å². The fraction of sp³-hybridized carbons (Fsp3) is 0.900. The fourth-order valence-corrected chi connectivity index (χ4v) is 2.01. The number of carbonyl (C=O) groups is 1. The van der Waals surface area contributed by atoms with Gasteiger partial charge in [0.2, 0.25) is 5.91 Å². The van der Waals surface area contributed by atoms with Gasteiger partial charge in [-0.05, 0) is 31.6 Å². The normalized spacial score (nSPS) is 28.7. The molecule has 0 heterocycles. The van der Waals surface area contributed by atoms with Crippen LogP contribution in [0.2, 0.25) is 0 Å². The van der Waals surface area contributed by atoms with E-state index in [-0.39, 0.29) is 11.9 Å². The second-order valence-corrected chi connectivity index (χ2v) is 4.89. The van der Waals surface area contributed by atoms with Crippen LogP contribution in [0.15, 0.2) is 0 Å². The number of hydrogen-bond donors (Lipinski definition) is 2. The Labute approximate surface area is 80.1 Å². The zero-order valence-corrected chi connectivity index (χ0v) is 8.76. The Morgan fingerprint density at radius 1 is 1.62 bits per heavy atom. The van der Waals surface area contributed by atoms with Gasteiger partial charge in [0.15, 0.2) is 0 Å². The predicted octanol–water partition coefficient (Wildman–Crippen LogP) is 1.03. The molecule has 2 unspecified atom stereocenters. The van der Waals surface area contributed by atoms with Crippen molar-refractivity contribution in [2.45, 2.75) is 52.1 Å². The lowest BCUT2D eigenvalue weighted by atomic mass is 9.92. The lowest BCUT2D eigenvalue weighted by Crippen LogP contribution is -2.43. The molecule has 1 amide bonds. The Morgan fingerprint density at radius 3 is 2.62 bits per heavy atom. The minimum atomic E-state index is -0.260. The van der Waals surface area contributed by atoms with Gasteiger partial charge >= 0.3 is 0 Å². The monoisotopic (exact) mass is 184 g/mol. The molecule has 3 N–H and O–H groups in total. The summed E-state index contributed by atoms with van der Waals surface area (Å²) in [7, 11) is 0. The Hall–Kier alpha value is -0.570. The fourth-order valence-electron chi connectivity index (χ4n) is 2.01. The van der Waals surface area contributed by atoms with Gasteiger partial charge in [0.25, 0.3) is 0 Å². The minimum Gasteiger partial charge on any atom is -0.368 e. The molecule has 1 aliphatic rings. The molecular formula is C10H20N2O. The molecule has 0 aromatic carbocycles. The molecule has 0 bridgehead atoms. The van der Waals surface area contributed by atoms with Crippen molar-refractivity contribution in [3.05, 3.63) is 0 Å². The number of nitrogens with two attached hydrogens (primary N) is 1. The zero-order chi connectivity index (χ0) is 10.1. The average Bonchev–Trinajstić information content (AvgIpc) is 2.30. The number of amides is 1. The number of hydrogen-bond acceptors (Lipinski definition) is 2. The third kappa shape index (κ3) is 2.99. The van der Waals surface area contributed by atoms with E-state index in [9.17, 15) is 4.79 Å². The minimum absolute atomic E-state index is 0.195. The molecule has 13 heavy (non-hydrogen) atoms. The molecule has 0 aromatic heterocycles. The van der Waals surface area contributed by atoms with Crippen molar-refractivity contribution < 1.29 is 4.79 Å². The molecule has 0 saturated heterocycles. The molecule has 3 heteroatoms. The van der Waals surface area contributed by atoms with Gasteiger partial charge in [-0.25, -0.2) is 0 Å². The molecule has 1 fully saturated rings. The quantitative estimate of drug-likeness (QED) is 0.688. The highest BCUT2D eigenvalue weighted by Gasteiger charge is 2.31. The molecule has 0 spiro atoms. The smallest absolute Gasteiger partial charge is 0.234 e. The first-order valence-electron chi connectivity index (χ1n) is 4.96. The van der Waals surface area contributed by atoms with Crippen LogP contribution in [0.1, 0.15) is 40.0 Å². The van der Waals surface area contributed by atoms with E-state index in [1.54, 1.807) is 0 Å². The first-order chi connectivity index (χ1) is 5.91. The number of nitrogens with one attached hydrogen (secondary N) is 1. The summed E-state index contributed by atoms with van der Waals surface area (Å²) in [6.45, 7) is 6.36. The molecule has 3 nitrogen and oxygen atoms in total. The molecule has 76 valence electrons. The summed E-state index contributed by atoms with van der Waals surface area (Å²) in [5, 5.41) is 3.26. The Kier molecular flexibility index (Phi) is 2.96. The predicted molar refractivity (Wildman–Crippen MR) is 53.2 cm³/mol. The Bertz CT molecular complexity index is 201. The largest absolute Gasteiger partial charge is 0.368 e. The van der Waals surface area contributed by atoms with Crippen LogP contribution in [0.5, 0.6) is 0 Å². The highest BCUT2D eigenvalue weighted by molar-refractivity contribution is 5.79. The summed E-state index contributed by atoms with van der Waals surface area (Å²) in [6, 6.07) is 0.274. The maximum atomic E-state index is 10.8. The zero-order valence-electron chi connectivity index (χ0n) is 8.76. The van der Waals surface area contributed by atoms with Crippen molar-refractivity contribution in [1.82, 2.24) is 5.32 Å². The van der Waals surface area contributed by atoms with E-state index in [1.165, 1.54) is 6.42 Å². The summed E-state index contributed by atoms with van der Waals surface area (Å²) < 4.78 is 0.